The van der Waals surface area contributed by atoms with Crippen LogP contribution < -0.4 is 10.6 Å². The van der Waals surface area contributed by atoms with Gasteiger partial charge in [-0.1, -0.05) is 0 Å². The fourth-order valence-corrected chi connectivity index (χ4v) is 2.60. The van der Waals surface area contributed by atoms with E-state index in [0.717, 1.165) is 32.4 Å². The molecule has 0 spiro atoms. The molecule has 102 valence electrons. The van der Waals surface area contributed by atoms with Crippen molar-refractivity contribution >= 4 is 12.0 Å². The summed E-state index contributed by atoms with van der Waals surface area (Å²) in [6, 6.07) is 0.122. The van der Waals surface area contributed by atoms with E-state index in [0.29, 0.717) is 19.5 Å². The van der Waals surface area contributed by atoms with Gasteiger partial charge in [-0.15, -0.1) is 0 Å². The maximum Gasteiger partial charge on any atom is 0.317 e. The van der Waals surface area contributed by atoms with Crippen LogP contribution >= 0.6 is 0 Å². The summed E-state index contributed by atoms with van der Waals surface area (Å²) in [7, 11) is 0. The van der Waals surface area contributed by atoms with E-state index in [9.17, 15) is 9.59 Å². The van der Waals surface area contributed by atoms with Crippen molar-refractivity contribution in [2.45, 2.75) is 31.7 Å². The van der Waals surface area contributed by atoms with Gasteiger partial charge in [0, 0.05) is 19.1 Å². The van der Waals surface area contributed by atoms with Gasteiger partial charge < -0.3 is 20.6 Å². The molecule has 2 rings (SSSR count). The fraction of sp³-hybridized carbons (Fsp3) is 0.833. The summed E-state index contributed by atoms with van der Waals surface area (Å²) >= 11 is 0. The van der Waals surface area contributed by atoms with Crippen LogP contribution in [-0.2, 0) is 4.79 Å². The molecular weight excluding hydrogens is 234 g/mol. The number of hydrogen-bond acceptors (Lipinski definition) is 3. The standard InChI is InChI=1S/C12H21N3O3/c16-11(17)9-2-1-7-15(8-9)12(18)14-10-3-5-13-6-4-10/h9-10,13H,1-8H2,(H,14,18)(H,16,17)/t9-/m0/s1. The van der Waals surface area contributed by atoms with Gasteiger partial charge in [0.15, 0.2) is 0 Å². The molecule has 3 N–H and O–H groups in total. The average molecular weight is 255 g/mol. The minimum atomic E-state index is -0.797. The summed E-state index contributed by atoms with van der Waals surface area (Å²) in [5, 5.41) is 15.2. The van der Waals surface area contributed by atoms with Crippen LogP contribution in [0.5, 0.6) is 0 Å². The molecule has 0 aromatic rings. The number of hydrogen-bond donors (Lipinski definition) is 3. The van der Waals surface area contributed by atoms with E-state index in [-0.39, 0.29) is 12.1 Å². The Hall–Kier alpha value is -1.30. The van der Waals surface area contributed by atoms with Gasteiger partial charge in [0.1, 0.15) is 0 Å². The molecule has 0 radical (unpaired) electrons. The van der Waals surface area contributed by atoms with Crippen molar-refractivity contribution in [3.63, 3.8) is 0 Å². The maximum absolute atomic E-state index is 12.0. The second kappa shape index (κ2) is 6.04. The number of carboxylic acids is 1. The van der Waals surface area contributed by atoms with Crippen molar-refractivity contribution in [3.8, 4) is 0 Å². The maximum atomic E-state index is 12.0. The lowest BCUT2D eigenvalue weighted by Crippen LogP contribution is -2.51. The lowest BCUT2D eigenvalue weighted by molar-refractivity contribution is -0.143. The van der Waals surface area contributed by atoms with Crippen LogP contribution in [0, 0.1) is 5.92 Å². The van der Waals surface area contributed by atoms with Crippen molar-refractivity contribution in [3.05, 3.63) is 0 Å². The monoisotopic (exact) mass is 255 g/mol. The Morgan fingerprint density at radius 2 is 1.94 bits per heavy atom. The smallest absolute Gasteiger partial charge is 0.317 e. The van der Waals surface area contributed by atoms with E-state index in [4.69, 9.17) is 5.11 Å². The highest BCUT2D eigenvalue weighted by molar-refractivity contribution is 5.76. The van der Waals surface area contributed by atoms with Gasteiger partial charge in [0.25, 0.3) is 0 Å². The number of piperidine rings is 2. The van der Waals surface area contributed by atoms with Crippen LogP contribution in [0.3, 0.4) is 0 Å². The first-order chi connectivity index (χ1) is 8.66. The molecule has 0 aliphatic carbocycles. The van der Waals surface area contributed by atoms with Crippen molar-refractivity contribution in [2.24, 2.45) is 5.92 Å². The van der Waals surface area contributed by atoms with Crippen molar-refractivity contribution < 1.29 is 14.7 Å². The van der Waals surface area contributed by atoms with Crippen LogP contribution in [0.25, 0.3) is 0 Å². The molecule has 0 bridgehead atoms. The molecular formula is C12H21N3O3. The van der Waals surface area contributed by atoms with Gasteiger partial charge in [0.2, 0.25) is 0 Å². The van der Waals surface area contributed by atoms with Crippen LogP contribution in [0.4, 0.5) is 4.79 Å². The molecule has 2 saturated heterocycles. The topological polar surface area (TPSA) is 81.7 Å². The number of carbonyl (C=O) groups excluding carboxylic acids is 1. The molecule has 2 heterocycles. The van der Waals surface area contributed by atoms with Crippen molar-refractivity contribution in [1.29, 1.82) is 0 Å². The number of aliphatic carboxylic acids is 1. The average Bonchev–Trinajstić information content (AvgIpc) is 2.40. The minimum Gasteiger partial charge on any atom is -0.481 e. The summed E-state index contributed by atoms with van der Waals surface area (Å²) in [4.78, 5) is 24.6. The largest absolute Gasteiger partial charge is 0.481 e. The second-order valence-corrected chi connectivity index (χ2v) is 5.10. The number of carbonyl (C=O) groups is 2. The number of nitrogens with one attached hydrogen (secondary N) is 2. The molecule has 1 atom stereocenters. The highest BCUT2D eigenvalue weighted by Gasteiger charge is 2.29. The Morgan fingerprint density at radius 3 is 2.61 bits per heavy atom. The lowest BCUT2D eigenvalue weighted by Gasteiger charge is -2.33. The van der Waals surface area contributed by atoms with Gasteiger partial charge in [0.05, 0.1) is 5.92 Å². The van der Waals surface area contributed by atoms with Gasteiger partial charge in [-0.05, 0) is 38.8 Å². The summed E-state index contributed by atoms with van der Waals surface area (Å²) in [5.74, 6) is -1.20. The normalized spacial score (nSPS) is 25.8. The summed E-state index contributed by atoms with van der Waals surface area (Å²) < 4.78 is 0. The number of rotatable bonds is 2. The minimum absolute atomic E-state index is 0.104. The first kappa shape index (κ1) is 13.1. The molecule has 18 heavy (non-hydrogen) atoms. The van der Waals surface area contributed by atoms with E-state index in [1.807, 2.05) is 0 Å². The quantitative estimate of drug-likeness (QED) is 0.660. The Bertz CT molecular complexity index is 316. The Balaban J connectivity index is 1.82. The zero-order valence-corrected chi connectivity index (χ0v) is 10.5. The Kier molecular flexibility index (Phi) is 4.41. The van der Waals surface area contributed by atoms with Crippen LogP contribution in [-0.4, -0.2) is 54.2 Å². The lowest BCUT2D eigenvalue weighted by atomic mass is 9.98. The van der Waals surface area contributed by atoms with Crippen molar-refractivity contribution in [1.82, 2.24) is 15.5 Å². The van der Waals surface area contributed by atoms with E-state index in [2.05, 4.69) is 10.6 Å². The summed E-state index contributed by atoms with van der Waals surface area (Å²) in [6.07, 6.45) is 3.34. The van der Waals surface area contributed by atoms with Crippen LogP contribution in [0.2, 0.25) is 0 Å². The molecule has 2 aliphatic rings. The van der Waals surface area contributed by atoms with Crippen LogP contribution in [0.15, 0.2) is 0 Å². The Morgan fingerprint density at radius 1 is 1.22 bits per heavy atom. The molecule has 2 aliphatic heterocycles. The second-order valence-electron chi connectivity index (χ2n) is 5.10. The molecule has 2 amide bonds. The predicted molar refractivity (Wildman–Crippen MR) is 66.4 cm³/mol. The highest BCUT2D eigenvalue weighted by atomic mass is 16.4. The number of likely N-dealkylation sites (tertiary alicyclic amines) is 1. The highest BCUT2D eigenvalue weighted by Crippen LogP contribution is 2.17. The number of urea groups is 1. The number of nitrogens with zero attached hydrogens (tertiary/aromatic N) is 1. The van der Waals surface area contributed by atoms with Crippen molar-refractivity contribution in [2.75, 3.05) is 26.2 Å². The molecule has 0 unspecified atom stereocenters. The van der Waals surface area contributed by atoms with E-state index >= 15 is 0 Å². The third kappa shape index (κ3) is 3.35. The van der Waals surface area contributed by atoms with Gasteiger partial charge in [-0.25, -0.2) is 4.79 Å². The molecule has 2 fully saturated rings. The zero-order valence-electron chi connectivity index (χ0n) is 10.5. The third-order valence-electron chi connectivity index (χ3n) is 3.72. The molecule has 0 aromatic carbocycles. The molecule has 6 heteroatoms. The fourth-order valence-electron chi connectivity index (χ4n) is 2.60. The van der Waals surface area contributed by atoms with Gasteiger partial charge in [-0.3, -0.25) is 4.79 Å². The summed E-state index contributed by atoms with van der Waals surface area (Å²) in [6.45, 7) is 2.87. The first-order valence-corrected chi connectivity index (χ1v) is 6.66. The van der Waals surface area contributed by atoms with E-state index < -0.39 is 11.9 Å². The zero-order chi connectivity index (χ0) is 13.0. The molecule has 0 saturated carbocycles. The van der Waals surface area contributed by atoms with E-state index in [1.165, 1.54) is 0 Å². The summed E-state index contributed by atoms with van der Waals surface area (Å²) in [5.41, 5.74) is 0. The van der Waals surface area contributed by atoms with Gasteiger partial charge >= 0.3 is 12.0 Å². The number of carboxylic acid groups (broad SMARTS) is 1. The van der Waals surface area contributed by atoms with Crippen LogP contribution in [0.1, 0.15) is 25.7 Å². The van der Waals surface area contributed by atoms with Gasteiger partial charge in [-0.2, -0.15) is 0 Å². The SMILES string of the molecule is O=C(O)[C@H]1CCCN(C(=O)NC2CCNCC2)C1. The molecule has 0 aromatic heterocycles. The molecule has 6 nitrogen and oxygen atoms in total. The predicted octanol–water partition coefficient (Wildman–Crippen LogP) is 0.245. The first-order valence-electron chi connectivity index (χ1n) is 6.66. The number of amides is 2. The van der Waals surface area contributed by atoms with E-state index in [1.54, 1.807) is 4.90 Å². The Labute approximate surface area is 107 Å². The third-order valence-corrected chi connectivity index (χ3v) is 3.72.